The number of carbonyl (C=O) groups excluding carboxylic acids is 2. The van der Waals surface area contributed by atoms with Crippen LogP contribution in [0, 0.1) is 17.0 Å². The number of para-hydroxylation sites is 1. The number of aryl methyl sites for hydroxylation is 1. The lowest BCUT2D eigenvalue weighted by Crippen LogP contribution is -2.28. The van der Waals surface area contributed by atoms with E-state index in [2.05, 4.69) is 4.90 Å². The van der Waals surface area contributed by atoms with Crippen molar-refractivity contribution in [2.45, 2.75) is 40.7 Å². The van der Waals surface area contributed by atoms with Crippen LogP contribution in [-0.2, 0) is 9.47 Å². The van der Waals surface area contributed by atoms with Crippen molar-refractivity contribution < 1.29 is 28.7 Å². The second-order valence-corrected chi connectivity index (χ2v) is 7.91. The summed E-state index contributed by atoms with van der Waals surface area (Å²) in [6.45, 7) is 11.7. The zero-order chi connectivity index (χ0) is 25.4. The zero-order valence-electron chi connectivity index (χ0n) is 20.5. The van der Waals surface area contributed by atoms with Gasteiger partial charge in [-0.05, 0) is 51.6 Å². The standard InChI is InChI=1S/C25H32N2O7/c1-7-26(8-2)13-14-33-20-15-17(5)21(25(29)34-16(3)4)22(23(20)24(28)32-6)18-11-9-10-12-19(18)27(30)31/h9-12,15-16H,7-8,13-14H2,1-6H3. The van der Waals surface area contributed by atoms with Gasteiger partial charge in [0.15, 0.2) is 0 Å². The van der Waals surface area contributed by atoms with Gasteiger partial charge in [0, 0.05) is 18.2 Å². The first kappa shape index (κ1) is 26.8. The van der Waals surface area contributed by atoms with Crippen molar-refractivity contribution in [3.8, 4) is 16.9 Å². The van der Waals surface area contributed by atoms with Gasteiger partial charge in [-0.2, -0.15) is 0 Å². The van der Waals surface area contributed by atoms with Gasteiger partial charge in [0.1, 0.15) is 17.9 Å². The lowest BCUT2D eigenvalue weighted by molar-refractivity contribution is -0.384. The molecule has 0 saturated heterocycles. The van der Waals surface area contributed by atoms with Crippen molar-refractivity contribution in [3.05, 3.63) is 57.1 Å². The molecule has 2 aromatic carbocycles. The molecule has 0 aliphatic heterocycles. The van der Waals surface area contributed by atoms with E-state index in [4.69, 9.17) is 14.2 Å². The number of methoxy groups -OCH3 is 1. The van der Waals surface area contributed by atoms with E-state index < -0.39 is 23.0 Å². The zero-order valence-corrected chi connectivity index (χ0v) is 20.5. The fourth-order valence-corrected chi connectivity index (χ4v) is 3.68. The molecule has 9 nitrogen and oxygen atoms in total. The largest absolute Gasteiger partial charge is 0.491 e. The summed E-state index contributed by atoms with van der Waals surface area (Å²) in [5, 5.41) is 11.8. The Labute approximate surface area is 199 Å². The van der Waals surface area contributed by atoms with E-state index >= 15 is 0 Å². The lowest BCUT2D eigenvalue weighted by Gasteiger charge is -2.22. The maximum absolute atomic E-state index is 13.1. The number of likely N-dealkylation sites (N-methyl/N-ethyl adjacent to an activating group) is 1. The van der Waals surface area contributed by atoms with E-state index in [9.17, 15) is 19.7 Å². The summed E-state index contributed by atoms with van der Waals surface area (Å²) >= 11 is 0. The predicted octanol–water partition coefficient (Wildman–Crippen LogP) is 4.64. The maximum atomic E-state index is 13.1. The Bertz CT molecular complexity index is 1050. The average molecular weight is 473 g/mol. The molecule has 34 heavy (non-hydrogen) atoms. The van der Waals surface area contributed by atoms with Crippen molar-refractivity contribution in [2.75, 3.05) is 33.4 Å². The quantitative estimate of drug-likeness (QED) is 0.264. The molecule has 9 heteroatoms. The molecule has 0 aliphatic carbocycles. The van der Waals surface area contributed by atoms with Gasteiger partial charge in [0.05, 0.1) is 29.3 Å². The number of esters is 2. The Kier molecular flexibility index (Phi) is 9.56. The number of rotatable bonds is 11. The second-order valence-electron chi connectivity index (χ2n) is 7.91. The van der Waals surface area contributed by atoms with Crippen LogP contribution in [0.3, 0.4) is 0 Å². The van der Waals surface area contributed by atoms with Gasteiger partial charge < -0.3 is 19.1 Å². The highest BCUT2D eigenvalue weighted by Crippen LogP contribution is 2.41. The number of carbonyl (C=O) groups is 2. The Morgan fingerprint density at radius 1 is 1.09 bits per heavy atom. The van der Waals surface area contributed by atoms with E-state index in [1.807, 2.05) is 13.8 Å². The van der Waals surface area contributed by atoms with Crippen LogP contribution in [0.15, 0.2) is 30.3 Å². The topological polar surface area (TPSA) is 108 Å². The number of nitro groups is 1. The van der Waals surface area contributed by atoms with Crippen LogP contribution >= 0.6 is 0 Å². The minimum Gasteiger partial charge on any atom is -0.491 e. The summed E-state index contributed by atoms with van der Waals surface area (Å²) in [7, 11) is 1.21. The molecule has 0 atom stereocenters. The molecule has 0 heterocycles. The first-order chi connectivity index (χ1) is 16.2. The van der Waals surface area contributed by atoms with Crippen molar-refractivity contribution in [2.24, 2.45) is 0 Å². The maximum Gasteiger partial charge on any atom is 0.342 e. The van der Waals surface area contributed by atoms with E-state index in [1.54, 1.807) is 32.9 Å². The summed E-state index contributed by atoms with van der Waals surface area (Å²) < 4.78 is 16.4. The Morgan fingerprint density at radius 3 is 2.29 bits per heavy atom. The van der Waals surface area contributed by atoms with Crippen molar-refractivity contribution in [1.29, 1.82) is 0 Å². The minimum atomic E-state index is -0.774. The molecule has 0 unspecified atom stereocenters. The van der Waals surface area contributed by atoms with Crippen LogP contribution in [0.25, 0.3) is 11.1 Å². The molecule has 0 saturated carbocycles. The Morgan fingerprint density at radius 2 is 1.74 bits per heavy atom. The van der Waals surface area contributed by atoms with E-state index in [0.29, 0.717) is 12.1 Å². The van der Waals surface area contributed by atoms with Gasteiger partial charge in [-0.15, -0.1) is 0 Å². The molecule has 0 bridgehead atoms. The molecule has 0 amide bonds. The van der Waals surface area contributed by atoms with Gasteiger partial charge in [-0.3, -0.25) is 10.1 Å². The van der Waals surface area contributed by atoms with Crippen LogP contribution in [0.1, 0.15) is 54.0 Å². The fraction of sp³-hybridized carbons (Fsp3) is 0.440. The van der Waals surface area contributed by atoms with E-state index in [1.165, 1.54) is 25.3 Å². The molecule has 0 fully saturated rings. The molecule has 2 aromatic rings. The summed E-state index contributed by atoms with van der Waals surface area (Å²) in [6, 6.07) is 7.50. The SMILES string of the molecule is CCN(CC)CCOc1cc(C)c(C(=O)OC(C)C)c(-c2ccccc2[N+](=O)[O-])c1C(=O)OC. The van der Waals surface area contributed by atoms with Crippen molar-refractivity contribution >= 4 is 17.6 Å². The van der Waals surface area contributed by atoms with E-state index in [-0.39, 0.29) is 40.3 Å². The molecular weight excluding hydrogens is 440 g/mol. The third kappa shape index (κ3) is 6.11. The van der Waals surface area contributed by atoms with Crippen LogP contribution in [0.4, 0.5) is 5.69 Å². The van der Waals surface area contributed by atoms with Crippen molar-refractivity contribution in [3.63, 3.8) is 0 Å². The van der Waals surface area contributed by atoms with Gasteiger partial charge in [0.25, 0.3) is 5.69 Å². The summed E-state index contributed by atoms with van der Waals surface area (Å²) in [5.74, 6) is -1.28. The summed E-state index contributed by atoms with van der Waals surface area (Å²) in [5.41, 5.74) is 0.357. The van der Waals surface area contributed by atoms with Crippen LogP contribution in [-0.4, -0.2) is 61.2 Å². The predicted molar refractivity (Wildman–Crippen MR) is 128 cm³/mol. The van der Waals surface area contributed by atoms with Crippen molar-refractivity contribution in [1.82, 2.24) is 4.90 Å². The monoisotopic (exact) mass is 472 g/mol. The minimum absolute atomic E-state index is 0.0551. The van der Waals surface area contributed by atoms with Gasteiger partial charge >= 0.3 is 11.9 Å². The molecule has 2 rings (SSSR count). The van der Waals surface area contributed by atoms with Gasteiger partial charge in [-0.1, -0.05) is 26.0 Å². The lowest BCUT2D eigenvalue weighted by atomic mass is 9.89. The number of nitro benzene ring substituents is 1. The molecule has 0 spiro atoms. The smallest absolute Gasteiger partial charge is 0.342 e. The van der Waals surface area contributed by atoms with Gasteiger partial charge in [0.2, 0.25) is 0 Å². The molecule has 0 radical (unpaired) electrons. The Balaban J connectivity index is 2.83. The number of benzene rings is 2. The molecule has 0 N–H and O–H groups in total. The highest BCUT2D eigenvalue weighted by Gasteiger charge is 2.32. The summed E-state index contributed by atoms with van der Waals surface area (Å²) in [4.78, 5) is 39.5. The third-order valence-electron chi connectivity index (χ3n) is 5.35. The van der Waals surface area contributed by atoms with Crippen LogP contribution in [0.2, 0.25) is 0 Å². The van der Waals surface area contributed by atoms with Gasteiger partial charge in [-0.25, -0.2) is 9.59 Å². The van der Waals surface area contributed by atoms with Crippen LogP contribution in [0.5, 0.6) is 5.75 Å². The number of nitrogens with zero attached hydrogens (tertiary/aromatic N) is 2. The molecular formula is C25H32N2O7. The molecule has 184 valence electrons. The third-order valence-corrected chi connectivity index (χ3v) is 5.35. The summed E-state index contributed by atoms with van der Waals surface area (Å²) in [6.07, 6.45) is -0.433. The number of hydrogen-bond donors (Lipinski definition) is 0. The number of ether oxygens (including phenoxy) is 3. The Hall–Kier alpha value is -3.46. The highest BCUT2D eigenvalue weighted by molar-refractivity contribution is 6.09. The fourth-order valence-electron chi connectivity index (χ4n) is 3.68. The van der Waals surface area contributed by atoms with Crippen LogP contribution < -0.4 is 4.74 Å². The molecule has 0 aliphatic rings. The number of hydrogen-bond acceptors (Lipinski definition) is 8. The second kappa shape index (κ2) is 12.1. The first-order valence-electron chi connectivity index (χ1n) is 11.2. The average Bonchev–Trinajstić information content (AvgIpc) is 2.80. The molecule has 0 aromatic heterocycles. The highest BCUT2D eigenvalue weighted by atomic mass is 16.6. The first-order valence-corrected chi connectivity index (χ1v) is 11.2. The normalized spacial score (nSPS) is 10.9. The van der Waals surface area contributed by atoms with E-state index in [0.717, 1.165) is 13.1 Å².